The van der Waals surface area contributed by atoms with E-state index in [9.17, 15) is 22.0 Å². The van der Waals surface area contributed by atoms with E-state index in [1.54, 1.807) is 6.92 Å². The molecule has 0 spiro atoms. The molecule has 0 saturated carbocycles. The van der Waals surface area contributed by atoms with Crippen LogP contribution in [0.25, 0.3) is 0 Å². The van der Waals surface area contributed by atoms with Gasteiger partial charge in [-0.2, -0.15) is 23.1 Å². The zero-order valence-electron chi connectivity index (χ0n) is 16.3. The predicted molar refractivity (Wildman–Crippen MR) is 95.9 cm³/mol. The molecule has 30 heavy (non-hydrogen) atoms. The second-order valence-electron chi connectivity index (χ2n) is 6.70. The van der Waals surface area contributed by atoms with Gasteiger partial charge in [-0.3, -0.25) is 0 Å². The molecule has 0 aliphatic carbocycles. The Morgan fingerprint density at radius 1 is 1.27 bits per heavy atom. The second kappa shape index (κ2) is 8.07. The second-order valence-corrected chi connectivity index (χ2v) is 6.70. The maximum atomic E-state index is 13.7. The quantitative estimate of drug-likeness (QED) is 0.633. The van der Waals surface area contributed by atoms with Crippen LogP contribution in [0.5, 0.6) is 6.01 Å². The van der Waals surface area contributed by atoms with Gasteiger partial charge < -0.3 is 24.7 Å². The molecule has 9 nitrogen and oxygen atoms in total. The molecule has 2 aromatic heterocycles. The van der Waals surface area contributed by atoms with Crippen molar-refractivity contribution in [1.29, 1.82) is 0 Å². The molecule has 1 aliphatic heterocycles. The van der Waals surface area contributed by atoms with Crippen LogP contribution >= 0.6 is 0 Å². The predicted octanol–water partition coefficient (Wildman–Crippen LogP) is 3.00. The molecule has 1 atom stereocenters. The van der Waals surface area contributed by atoms with Gasteiger partial charge in [0.25, 0.3) is 5.92 Å². The summed E-state index contributed by atoms with van der Waals surface area (Å²) >= 11 is 0. The van der Waals surface area contributed by atoms with E-state index in [1.807, 2.05) is 0 Å². The summed E-state index contributed by atoms with van der Waals surface area (Å²) in [4.78, 5) is 9.21. The molecule has 14 heteroatoms. The molecule has 0 aromatic carbocycles. The van der Waals surface area contributed by atoms with Gasteiger partial charge in [0.1, 0.15) is 5.69 Å². The van der Waals surface area contributed by atoms with Gasteiger partial charge in [-0.1, -0.05) is 0 Å². The molecule has 2 aromatic rings. The fourth-order valence-electron chi connectivity index (χ4n) is 2.78. The molecule has 166 valence electrons. The highest BCUT2D eigenvalue weighted by atomic mass is 19.4. The average Bonchev–Trinajstić information content (AvgIpc) is 3.23. The normalized spacial score (nSPS) is 17.1. The smallest absolute Gasteiger partial charge is 0.425 e. The molecule has 1 fully saturated rings. The Labute approximate surface area is 168 Å². The maximum Gasteiger partial charge on any atom is 0.425 e. The summed E-state index contributed by atoms with van der Waals surface area (Å²) in [6, 6.07) is -0.603. The van der Waals surface area contributed by atoms with E-state index in [-0.39, 0.29) is 36.3 Å². The Kier molecular flexibility index (Phi) is 5.85. The van der Waals surface area contributed by atoms with Crippen LogP contribution in [0.4, 0.5) is 39.3 Å². The van der Waals surface area contributed by atoms with E-state index < -0.39 is 37.2 Å². The van der Waals surface area contributed by atoms with Crippen molar-refractivity contribution in [3.8, 4) is 6.01 Å². The number of anilines is 3. The Morgan fingerprint density at radius 3 is 2.53 bits per heavy atom. The van der Waals surface area contributed by atoms with Gasteiger partial charge in [0.2, 0.25) is 11.8 Å². The van der Waals surface area contributed by atoms with Crippen LogP contribution in [0.15, 0.2) is 4.42 Å². The lowest BCUT2D eigenvalue weighted by molar-refractivity contribution is -0.190. The minimum atomic E-state index is -4.65. The van der Waals surface area contributed by atoms with Crippen LogP contribution in [0.1, 0.15) is 25.1 Å². The highest BCUT2D eigenvalue weighted by Crippen LogP contribution is 2.38. The molecule has 0 radical (unpaired) electrons. The van der Waals surface area contributed by atoms with E-state index in [0.29, 0.717) is 5.89 Å². The minimum Gasteiger partial charge on any atom is -0.451 e. The first-order valence-corrected chi connectivity index (χ1v) is 8.97. The fourth-order valence-corrected chi connectivity index (χ4v) is 2.78. The maximum absolute atomic E-state index is 13.7. The van der Waals surface area contributed by atoms with Crippen molar-refractivity contribution in [1.82, 2.24) is 20.2 Å². The van der Waals surface area contributed by atoms with Crippen molar-refractivity contribution in [3.63, 3.8) is 0 Å². The topological polar surface area (TPSA) is 101 Å². The standard InChI is InChI=1S/C16H20F5N7O2/c1-8(16(19,20)21)29-14-24-12(23-6-10-27-26-9(2)30-10)11(22-3)13(25-14)28-5-4-15(17,18)7-28/h8,22H,4-7H2,1-3H3,(H,23,24,25). The lowest BCUT2D eigenvalue weighted by Gasteiger charge is -2.24. The summed E-state index contributed by atoms with van der Waals surface area (Å²) in [5.74, 6) is -2.37. The fraction of sp³-hybridized carbons (Fsp3) is 0.625. The number of hydrogen-bond donors (Lipinski definition) is 2. The van der Waals surface area contributed by atoms with E-state index in [0.717, 1.165) is 6.92 Å². The zero-order valence-corrected chi connectivity index (χ0v) is 16.3. The Morgan fingerprint density at radius 2 is 2.00 bits per heavy atom. The Balaban J connectivity index is 1.95. The molecule has 0 bridgehead atoms. The van der Waals surface area contributed by atoms with Gasteiger partial charge >= 0.3 is 12.2 Å². The van der Waals surface area contributed by atoms with E-state index in [2.05, 4.69) is 30.8 Å². The lowest BCUT2D eigenvalue weighted by Crippen LogP contribution is -2.32. The number of alkyl halides is 5. The van der Waals surface area contributed by atoms with E-state index >= 15 is 0 Å². The number of nitrogens with one attached hydrogen (secondary N) is 2. The SMILES string of the molecule is CNc1c(NCc2nnc(C)o2)nc(OC(C)C(F)(F)F)nc1N1CCC(F)(F)C1. The molecule has 3 heterocycles. The summed E-state index contributed by atoms with van der Waals surface area (Å²) in [6.07, 6.45) is -7.25. The van der Waals surface area contributed by atoms with E-state index in [1.165, 1.54) is 11.9 Å². The molecule has 0 amide bonds. The summed E-state index contributed by atoms with van der Waals surface area (Å²) < 4.78 is 76.3. The van der Waals surface area contributed by atoms with Crippen molar-refractivity contribution in [2.24, 2.45) is 0 Å². The first-order chi connectivity index (χ1) is 14.0. The number of aryl methyl sites for hydroxylation is 1. The number of aromatic nitrogens is 4. The molecule has 1 saturated heterocycles. The van der Waals surface area contributed by atoms with Gasteiger partial charge in [-0.25, -0.2) is 8.78 Å². The van der Waals surface area contributed by atoms with Crippen LogP contribution in [0, 0.1) is 6.92 Å². The van der Waals surface area contributed by atoms with Gasteiger partial charge in [-0.15, -0.1) is 10.2 Å². The highest BCUT2D eigenvalue weighted by Gasteiger charge is 2.41. The van der Waals surface area contributed by atoms with Crippen LogP contribution < -0.4 is 20.3 Å². The zero-order chi connectivity index (χ0) is 22.1. The summed E-state index contributed by atoms with van der Waals surface area (Å²) in [7, 11) is 1.51. The third-order valence-corrected chi connectivity index (χ3v) is 4.31. The highest BCUT2D eigenvalue weighted by molar-refractivity contribution is 5.78. The van der Waals surface area contributed by atoms with Gasteiger partial charge in [-0.05, 0) is 6.92 Å². The van der Waals surface area contributed by atoms with Crippen LogP contribution in [0.2, 0.25) is 0 Å². The molecule has 3 rings (SSSR count). The number of ether oxygens (including phenoxy) is 1. The number of hydrogen-bond acceptors (Lipinski definition) is 9. The number of halogens is 5. The third-order valence-electron chi connectivity index (χ3n) is 4.31. The summed E-state index contributed by atoms with van der Waals surface area (Å²) in [5, 5.41) is 13.1. The summed E-state index contributed by atoms with van der Waals surface area (Å²) in [6.45, 7) is 1.73. The van der Waals surface area contributed by atoms with E-state index in [4.69, 9.17) is 9.15 Å². The lowest BCUT2D eigenvalue weighted by atomic mass is 10.3. The first-order valence-electron chi connectivity index (χ1n) is 8.97. The molecule has 2 N–H and O–H groups in total. The van der Waals surface area contributed by atoms with Crippen molar-refractivity contribution >= 4 is 17.3 Å². The largest absolute Gasteiger partial charge is 0.451 e. The van der Waals surface area contributed by atoms with Crippen molar-refractivity contribution < 1.29 is 31.1 Å². The van der Waals surface area contributed by atoms with Gasteiger partial charge in [0.15, 0.2) is 17.7 Å². The number of nitrogens with zero attached hydrogens (tertiary/aromatic N) is 5. The molecule has 1 aliphatic rings. The Hall–Kier alpha value is -2.93. The van der Waals surface area contributed by atoms with Crippen LogP contribution in [-0.2, 0) is 6.54 Å². The molecule has 1 unspecified atom stereocenters. The van der Waals surface area contributed by atoms with Crippen LogP contribution in [-0.4, -0.2) is 58.5 Å². The van der Waals surface area contributed by atoms with Gasteiger partial charge in [0, 0.05) is 26.9 Å². The van der Waals surface area contributed by atoms with Crippen molar-refractivity contribution in [2.45, 2.75) is 45.0 Å². The third kappa shape index (κ3) is 4.97. The Bertz CT molecular complexity index is 889. The van der Waals surface area contributed by atoms with Crippen LogP contribution in [0.3, 0.4) is 0 Å². The first kappa shape index (κ1) is 21.8. The minimum absolute atomic E-state index is 0.00161. The summed E-state index contributed by atoms with van der Waals surface area (Å²) in [5.41, 5.74) is 0.218. The number of rotatable bonds is 7. The van der Waals surface area contributed by atoms with Crippen molar-refractivity contribution in [2.75, 3.05) is 35.7 Å². The monoisotopic (exact) mass is 437 g/mol. The molecular formula is C16H20F5N7O2. The molecular weight excluding hydrogens is 417 g/mol. The van der Waals surface area contributed by atoms with Crippen molar-refractivity contribution in [3.05, 3.63) is 11.8 Å². The average molecular weight is 437 g/mol. The van der Waals surface area contributed by atoms with Gasteiger partial charge in [0.05, 0.1) is 13.1 Å².